The second-order valence-corrected chi connectivity index (χ2v) is 9.06. The maximum Gasteiger partial charge on any atom is 0.257 e. The van der Waals surface area contributed by atoms with E-state index < -0.39 is 0 Å². The van der Waals surface area contributed by atoms with Crippen LogP contribution in [0.5, 0.6) is 11.6 Å². The fourth-order valence-corrected chi connectivity index (χ4v) is 4.77. The molecule has 0 unspecified atom stereocenters. The number of nitriles is 1. The van der Waals surface area contributed by atoms with Gasteiger partial charge in [0.05, 0.1) is 5.69 Å². The molecule has 4 heterocycles. The summed E-state index contributed by atoms with van der Waals surface area (Å²) in [5.74, 6) is 2.27. The van der Waals surface area contributed by atoms with Crippen LogP contribution in [-0.4, -0.2) is 59.2 Å². The van der Waals surface area contributed by atoms with E-state index in [2.05, 4.69) is 56.2 Å². The molecule has 0 aliphatic carbocycles. The Morgan fingerprint density at radius 2 is 1.62 bits per heavy atom. The van der Waals surface area contributed by atoms with Crippen molar-refractivity contribution in [1.29, 1.82) is 5.26 Å². The summed E-state index contributed by atoms with van der Waals surface area (Å²) in [7, 11) is 0. The summed E-state index contributed by atoms with van der Waals surface area (Å²) >= 11 is 0. The second-order valence-electron chi connectivity index (χ2n) is 9.06. The topological polar surface area (TPSA) is 87.4 Å². The Morgan fingerprint density at radius 1 is 0.838 bits per heavy atom. The second kappa shape index (κ2) is 10.2. The number of anilines is 1. The van der Waals surface area contributed by atoms with Gasteiger partial charge in [0.2, 0.25) is 5.82 Å². The SMILES string of the molecule is N#Cc1nccc(N2CCN(Cc3ccc(-c4nc5c(cc4-c4ccccc4)OCCO5)cc3)CC2)n1. The third-order valence-electron chi connectivity index (χ3n) is 6.69. The molecule has 1 fully saturated rings. The van der Waals surface area contributed by atoms with Crippen molar-refractivity contribution in [2.24, 2.45) is 0 Å². The molecule has 184 valence electrons. The fourth-order valence-electron chi connectivity index (χ4n) is 4.77. The standard InChI is InChI=1S/C29H26N6O2/c30-19-26-31-11-10-27(32-26)35-14-12-34(13-15-35)20-21-6-8-23(9-7-21)28-24(22-4-2-1-3-5-22)18-25-29(33-28)37-17-16-36-25/h1-11,18H,12-17,20H2. The maximum atomic E-state index is 9.07. The number of aromatic nitrogens is 3. The van der Waals surface area contributed by atoms with Crippen LogP contribution in [0.3, 0.4) is 0 Å². The summed E-state index contributed by atoms with van der Waals surface area (Å²) in [6.45, 7) is 5.49. The number of hydrogen-bond donors (Lipinski definition) is 0. The normalized spacial score (nSPS) is 15.3. The summed E-state index contributed by atoms with van der Waals surface area (Å²) < 4.78 is 11.6. The number of ether oxygens (including phenoxy) is 2. The zero-order chi connectivity index (χ0) is 25.0. The van der Waals surface area contributed by atoms with E-state index in [9.17, 15) is 0 Å². The molecule has 6 rings (SSSR count). The van der Waals surface area contributed by atoms with Crippen molar-refractivity contribution in [2.45, 2.75) is 6.54 Å². The predicted molar refractivity (Wildman–Crippen MR) is 140 cm³/mol. The molecule has 0 spiro atoms. The van der Waals surface area contributed by atoms with Gasteiger partial charge in [0, 0.05) is 50.0 Å². The van der Waals surface area contributed by atoms with Crippen LogP contribution in [0.15, 0.2) is 72.9 Å². The van der Waals surface area contributed by atoms with Crippen molar-refractivity contribution in [3.05, 3.63) is 84.3 Å². The average Bonchev–Trinajstić information content (AvgIpc) is 2.98. The molecule has 2 aliphatic heterocycles. The van der Waals surface area contributed by atoms with Gasteiger partial charge in [-0.15, -0.1) is 0 Å². The summed E-state index contributed by atoms with van der Waals surface area (Å²) in [5, 5.41) is 9.07. The van der Waals surface area contributed by atoms with E-state index in [-0.39, 0.29) is 5.82 Å². The Balaban J connectivity index is 1.18. The highest BCUT2D eigenvalue weighted by molar-refractivity contribution is 5.82. The summed E-state index contributed by atoms with van der Waals surface area (Å²) in [4.78, 5) is 17.8. The Morgan fingerprint density at radius 3 is 2.41 bits per heavy atom. The van der Waals surface area contributed by atoms with Crippen LogP contribution in [0.25, 0.3) is 22.4 Å². The number of pyridine rings is 1. The molecule has 8 heteroatoms. The van der Waals surface area contributed by atoms with Gasteiger partial charge in [-0.3, -0.25) is 4.90 Å². The van der Waals surface area contributed by atoms with E-state index in [0.717, 1.165) is 60.9 Å². The van der Waals surface area contributed by atoms with Crippen molar-refractivity contribution in [3.8, 4) is 40.1 Å². The molecule has 8 nitrogen and oxygen atoms in total. The average molecular weight is 491 g/mol. The molecule has 2 aromatic carbocycles. The van der Waals surface area contributed by atoms with Gasteiger partial charge < -0.3 is 14.4 Å². The van der Waals surface area contributed by atoms with E-state index in [4.69, 9.17) is 19.7 Å². The van der Waals surface area contributed by atoms with E-state index in [0.29, 0.717) is 24.8 Å². The van der Waals surface area contributed by atoms with E-state index in [1.54, 1.807) is 6.20 Å². The number of hydrogen-bond acceptors (Lipinski definition) is 8. The van der Waals surface area contributed by atoms with Gasteiger partial charge in [-0.25, -0.2) is 15.0 Å². The van der Waals surface area contributed by atoms with Gasteiger partial charge >= 0.3 is 0 Å². The Kier molecular flexibility index (Phi) is 6.36. The first-order chi connectivity index (χ1) is 18.3. The lowest BCUT2D eigenvalue weighted by molar-refractivity contribution is 0.165. The lowest BCUT2D eigenvalue weighted by atomic mass is 9.98. The molecular formula is C29H26N6O2. The number of fused-ring (bicyclic) bond motifs is 1. The van der Waals surface area contributed by atoms with Crippen LogP contribution in [0, 0.1) is 11.3 Å². The van der Waals surface area contributed by atoms with Crippen LogP contribution in [0.2, 0.25) is 0 Å². The molecule has 1 saturated heterocycles. The van der Waals surface area contributed by atoms with Crippen LogP contribution in [0.4, 0.5) is 5.82 Å². The van der Waals surface area contributed by atoms with E-state index in [1.165, 1.54) is 5.56 Å². The Labute approximate surface area is 215 Å². The van der Waals surface area contributed by atoms with Gasteiger partial charge in [-0.2, -0.15) is 5.26 Å². The third-order valence-corrected chi connectivity index (χ3v) is 6.69. The van der Waals surface area contributed by atoms with Crippen LogP contribution in [-0.2, 0) is 6.54 Å². The number of rotatable bonds is 5. The van der Waals surface area contributed by atoms with Gasteiger partial charge in [-0.05, 0) is 23.3 Å². The van der Waals surface area contributed by atoms with Gasteiger partial charge in [-0.1, -0.05) is 54.6 Å². The monoisotopic (exact) mass is 490 g/mol. The van der Waals surface area contributed by atoms with Gasteiger partial charge in [0.15, 0.2) is 5.75 Å². The Hall–Kier alpha value is -4.48. The van der Waals surface area contributed by atoms with Crippen molar-refractivity contribution in [2.75, 3.05) is 44.3 Å². The van der Waals surface area contributed by atoms with Gasteiger partial charge in [0.1, 0.15) is 25.1 Å². The summed E-state index contributed by atoms with van der Waals surface area (Å²) in [6.07, 6.45) is 1.65. The molecular weight excluding hydrogens is 464 g/mol. The van der Waals surface area contributed by atoms with E-state index >= 15 is 0 Å². The van der Waals surface area contributed by atoms with Gasteiger partial charge in [0.25, 0.3) is 5.88 Å². The smallest absolute Gasteiger partial charge is 0.257 e. The minimum Gasteiger partial charge on any atom is -0.484 e. The lowest BCUT2D eigenvalue weighted by Crippen LogP contribution is -2.46. The molecule has 4 aromatic rings. The third kappa shape index (κ3) is 4.95. The Bertz CT molecular complexity index is 1430. The molecule has 0 radical (unpaired) electrons. The molecule has 0 atom stereocenters. The largest absolute Gasteiger partial charge is 0.484 e. The predicted octanol–water partition coefficient (Wildman–Crippen LogP) is 4.17. The number of piperazine rings is 1. The zero-order valence-corrected chi connectivity index (χ0v) is 20.4. The lowest BCUT2D eigenvalue weighted by Gasteiger charge is -2.35. The van der Waals surface area contributed by atoms with Crippen LogP contribution < -0.4 is 14.4 Å². The minimum absolute atomic E-state index is 0.211. The highest BCUT2D eigenvalue weighted by Gasteiger charge is 2.21. The number of benzene rings is 2. The van der Waals surface area contributed by atoms with E-state index in [1.807, 2.05) is 36.4 Å². The van der Waals surface area contributed by atoms with Crippen molar-refractivity contribution < 1.29 is 9.47 Å². The first-order valence-electron chi connectivity index (χ1n) is 12.4. The molecule has 2 aliphatic rings. The molecule has 0 amide bonds. The quantitative estimate of drug-likeness (QED) is 0.412. The highest BCUT2D eigenvalue weighted by atomic mass is 16.6. The van der Waals surface area contributed by atoms with Crippen molar-refractivity contribution >= 4 is 5.82 Å². The van der Waals surface area contributed by atoms with Crippen LogP contribution in [0.1, 0.15) is 11.4 Å². The molecule has 0 N–H and O–H groups in total. The first-order valence-corrected chi connectivity index (χ1v) is 12.4. The molecule has 37 heavy (non-hydrogen) atoms. The minimum atomic E-state index is 0.211. The van der Waals surface area contributed by atoms with Crippen molar-refractivity contribution in [1.82, 2.24) is 19.9 Å². The fraction of sp³-hybridized carbons (Fsp3) is 0.241. The first kappa shape index (κ1) is 23.0. The summed E-state index contributed by atoms with van der Waals surface area (Å²) in [5.41, 5.74) is 5.30. The maximum absolute atomic E-state index is 9.07. The van der Waals surface area contributed by atoms with Crippen molar-refractivity contribution in [3.63, 3.8) is 0 Å². The summed E-state index contributed by atoms with van der Waals surface area (Å²) in [6, 6.07) is 24.8. The van der Waals surface area contributed by atoms with Crippen LogP contribution >= 0.6 is 0 Å². The zero-order valence-electron chi connectivity index (χ0n) is 20.4. The molecule has 0 bridgehead atoms. The highest BCUT2D eigenvalue weighted by Crippen LogP contribution is 2.39. The molecule has 2 aromatic heterocycles. The number of nitrogens with zero attached hydrogens (tertiary/aromatic N) is 6. The molecule has 0 saturated carbocycles.